The lowest BCUT2D eigenvalue weighted by Gasteiger charge is -2.08. The first-order chi connectivity index (χ1) is 10.3. The van der Waals surface area contributed by atoms with Crippen molar-refractivity contribution >= 4 is 17.3 Å². The summed E-state index contributed by atoms with van der Waals surface area (Å²) in [6.07, 6.45) is 0. The minimum absolute atomic E-state index is 0.526. The first kappa shape index (κ1) is 15.4. The summed E-state index contributed by atoms with van der Waals surface area (Å²) < 4.78 is 53.7. The highest BCUT2D eigenvalue weighted by Crippen LogP contribution is 2.24. The van der Waals surface area contributed by atoms with E-state index in [9.17, 15) is 32.5 Å². The van der Waals surface area contributed by atoms with Crippen LogP contribution in [0.3, 0.4) is 0 Å². The summed E-state index contributed by atoms with van der Waals surface area (Å²) >= 11 is 0. The molecule has 1 amide bonds. The Balaban J connectivity index is 2.44. The Kier molecular flexibility index (Phi) is 4.06. The highest BCUT2D eigenvalue weighted by Gasteiger charge is 2.26. The van der Waals surface area contributed by atoms with Crippen LogP contribution in [0, 0.1) is 33.4 Å². The monoisotopic (exact) mass is 314 g/mol. The number of nitrogens with one attached hydrogen (secondary N) is 1. The predicted octanol–water partition coefficient (Wildman–Crippen LogP) is 3.40. The first-order valence-electron chi connectivity index (χ1n) is 5.70. The van der Waals surface area contributed by atoms with Gasteiger partial charge in [0, 0.05) is 12.1 Å². The minimum atomic E-state index is -1.71. The lowest BCUT2D eigenvalue weighted by atomic mass is 10.1. The van der Waals surface area contributed by atoms with Crippen LogP contribution in [0.5, 0.6) is 0 Å². The molecule has 0 aliphatic carbocycles. The molecule has 22 heavy (non-hydrogen) atoms. The van der Waals surface area contributed by atoms with E-state index in [1.807, 2.05) is 0 Å². The van der Waals surface area contributed by atoms with E-state index in [0.717, 1.165) is 6.07 Å². The summed E-state index contributed by atoms with van der Waals surface area (Å²) in [7, 11) is 0. The fourth-order valence-electron chi connectivity index (χ4n) is 1.67. The van der Waals surface area contributed by atoms with Crippen LogP contribution in [0.1, 0.15) is 10.4 Å². The number of carbonyl (C=O) groups is 1. The number of hydrogen-bond donors (Lipinski definition) is 1. The van der Waals surface area contributed by atoms with Crippen molar-refractivity contribution in [2.24, 2.45) is 0 Å². The molecule has 0 saturated heterocycles. The van der Waals surface area contributed by atoms with Crippen molar-refractivity contribution in [1.82, 2.24) is 0 Å². The van der Waals surface area contributed by atoms with Gasteiger partial charge < -0.3 is 5.32 Å². The average molecular weight is 314 g/mol. The molecule has 0 atom stereocenters. The van der Waals surface area contributed by atoms with Crippen LogP contribution in [-0.4, -0.2) is 10.8 Å². The van der Waals surface area contributed by atoms with Gasteiger partial charge in [0.05, 0.1) is 10.6 Å². The lowest BCUT2D eigenvalue weighted by molar-refractivity contribution is -0.387. The Morgan fingerprint density at radius 2 is 1.68 bits per heavy atom. The molecular formula is C13H6F4N2O3. The van der Waals surface area contributed by atoms with E-state index in [1.165, 1.54) is 0 Å². The highest BCUT2D eigenvalue weighted by molar-refractivity contribution is 6.05. The Labute approximate surface area is 120 Å². The van der Waals surface area contributed by atoms with Gasteiger partial charge in [0.2, 0.25) is 5.82 Å². The summed E-state index contributed by atoms with van der Waals surface area (Å²) in [5, 5.41) is 12.3. The van der Waals surface area contributed by atoms with Crippen LogP contribution in [0.4, 0.5) is 28.9 Å². The Hall–Kier alpha value is -2.97. The SMILES string of the molecule is O=C(Nc1cc(F)ccc1F)c1c(F)ccc([N+](=O)[O-])c1F. The third-order valence-corrected chi connectivity index (χ3v) is 2.67. The second-order valence-corrected chi connectivity index (χ2v) is 4.09. The standard InChI is InChI=1S/C13H6F4N2O3/c14-6-1-2-7(15)9(5-6)18-13(20)11-8(16)3-4-10(12(11)17)19(21)22/h1-5H,(H,18,20). The fraction of sp³-hybridized carbons (Fsp3) is 0. The molecule has 0 fully saturated rings. The minimum Gasteiger partial charge on any atom is -0.319 e. The molecule has 0 bridgehead atoms. The third-order valence-electron chi connectivity index (χ3n) is 2.67. The Morgan fingerprint density at radius 1 is 1.05 bits per heavy atom. The van der Waals surface area contributed by atoms with Gasteiger partial charge in [0.15, 0.2) is 0 Å². The Bertz CT molecular complexity index is 780. The van der Waals surface area contributed by atoms with Crippen molar-refractivity contribution < 1.29 is 27.3 Å². The van der Waals surface area contributed by atoms with E-state index in [4.69, 9.17) is 0 Å². The summed E-state index contributed by atoms with van der Waals surface area (Å²) in [6.45, 7) is 0. The molecule has 2 aromatic carbocycles. The van der Waals surface area contributed by atoms with Gasteiger partial charge >= 0.3 is 5.69 Å². The maximum atomic E-state index is 13.8. The number of hydrogen-bond acceptors (Lipinski definition) is 3. The third kappa shape index (κ3) is 2.87. The number of carbonyl (C=O) groups excluding carboxylic acids is 1. The van der Waals surface area contributed by atoms with Gasteiger partial charge in [-0.2, -0.15) is 4.39 Å². The molecular weight excluding hydrogens is 308 g/mol. The molecule has 1 N–H and O–H groups in total. The summed E-state index contributed by atoms with van der Waals surface area (Å²) in [6, 6.07) is 3.15. The first-order valence-corrected chi connectivity index (χ1v) is 5.70. The van der Waals surface area contributed by atoms with Gasteiger partial charge in [-0.3, -0.25) is 14.9 Å². The number of amides is 1. The largest absolute Gasteiger partial charge is 0.319 e. The molecule has 0 unspecified atom stereocenters. The number of nitro groups is 1. The van der Waals surface area contributed by atoms with E-state index >= 15 is 0 Å². The molecule has 2 rings (SSSR count). The number of benzene rings is 2. The van der Waals surface area contributed by atoms with Crippen molar-refractivity contribution in [3.63, 3.8) is 0 Å². The molecule has 5 nitrogen and oxygen atoms in total. The highest BCUT2D eigenvalue weighted by atomic mass is 19.1. The van der Waals surface area contributed by atoms with Crippen molar-refractivity contribution in [3.8, 4) is 0 Å². The fourth-order valence-corrected chi connectivity index (χ4v) is 1.67. The maximum absolute atomic E-state index is 13.8. The topological polar surface area (TPSA) is 72.2 Å². The van der Waals surface area contributed by atoms with Crippen molar-refractivity contribution in [3.05, 3.63) is 69.3 Å². The molecule has 0 aliphatic heterocycles. The van der Waals surface area contributed by atoms with E-state index in [0.29, 0.717) is 24.3 Å². The zero-order valence-corrected chi connectivity index (χ0v) is 10.6. The van der Waals surface area contributed by atoms with Gasteiger partial charge in [-0.1, -0.05) is 0 Å². The average Bonchev–Trinajstić information content (AvgIpc) is 2.42. The number of nitrogens with zero attached hydrogens (tertiary/aromatic N) is 1. The number of nitro benzene ring substituents is 1. The molecule has 9 heteroatoms. The molecule has 0 saturated carbocycles. The lowest BCUT2D eigenvalue weighted by Crippen LogP contribution is -2.17. The second-order valence-electron chi connectivity index (χ2n) is 4.09. The molecule has 0 heterocycles. The van der Waals surface area contributed by atoms with Crippen LogP contribution in [0.25, 0.3) is 0 Å². The molecule has 0 aliphatic rings. The molecule has 0 spiro atoms. The molecule has 2 aromatic rings. The van der Waals surface area contributed by atoms with Crippen molar-refractivity contribution in [2.45, 2.75) is 0 Å². The quantitative estimate of drug-likeness (QED) is 0.536. The Morgan fingerprint density at radius 3 is 2.32 bits per heavy atom. The molecule has 0 aromatic heterocycles. The van der Waals surface area contributed by atoms with Crippen LogP contribution < -0.4 is 5.32 Å². The second kappa shape index (κ2) is 5.80. The van der Waals surface area contributed by atoms with Crippen LogP contribution in [-0.2, 0) is 0 Å². The van der Waals surface area contributed by atoms with E-state index in [1.54, 1.807) is 5.32 Å². The van der Waals surface area contributed by atoms with Gasteiger partial charge in [0.25, 0.3) is 5.91 Å². The van der Waals surface area contributed by atoms with Crippen molar-refractivity contribution in [2.75, 3.05) is 5.32 Å². The molecule has 114 valence electrons. The van der Waals surface area contributed by atoms with Gasteiger partial charge in [0.1, 0.15) is 23.0 Å². The number of anilines is 1. The molecule has 0 radical (unpaired) electrons. The normalized spacial score (nSPS) is 10.4. The summed E-state index contributed by atoms with van der Waals surface area (Å²) in [4.78, 5) is 21.2. The number of rotatable bonds is 3. The van der Waals surface area contributed by atoms with Gasteiger partial charge in [-0.15, -0.1) is 0 Å². The van der Waals surface area contributed by atoms with Crippen LogP contribution >= 0.6 is 0 Å². The van der Waals surface area contributed by atoms with E-state index in [-0.39, 0.29) is 0 Å². The van der Waals surface area contributed by atoms with E-state index < -0.39 is 51.0 Å². The predicted molar refractivity (Wildman–Crippen MR) is 67.3 cm³/mol. The summed E-state index contributed by atoms with van der Waals surface area (Å²) in [5.41, 5.74) is -3.04. The van der Waals surface area contributed by atoms with Crippen molar-refractivity contribution in [1.29, 1.82) is 0 Å². The van der Waals surface area contributed by atoms with Gasteiger partial charge in [-0.05, 0) is 18.2 Å². The van der Waals surface area contributed by atoms with E-state index in [2.05, 4.69) is 0 Å². The zero-order valence-electron chi connectivity index (χ0n) is 10.6. The van der Waals surface area contributed by atoms with Gasteiger partial charge in [-0.25, -0.2) is 13.2 Å². The summed E-state index contributed by atoms with van der Waals surface area (Å²) in [5.74, 6) is -6.50. The number of halogens is 4. The maximum Gasteiger partial charge on any atom is 0.305 e. The van der Waals surface area contributed by atoms with Crippen LogP contribution in [0.2, 0.25) is 0 Å². The zero-order chi connectivity index (χ0) is 16.4. The smallest absolute Gasteiger partial charge is 0.305 e. The van der Waals surface area contributed by atoms with Crippen LogP contribution in [0.15, 0.2) is 30.3 Å².